The molecule has 2 aromatic rings. The number of rotatable bonds is 5. The summed E-state index contributed by atoms with van der Waals surface area (Å²) < 4.78 is 5.75. The number of aromatic nitrogens is 1. The quantitative estimate of drug-likeness (QED) is 0.680. The van der Waals surface area contributed by atoms with Gasteiger partial charge in [0, 0.05) is 25.2 Å². The third kappa shape index (κ3) is 5.14. The first-order valence-electron chi connectivity index (χ1n) is 9.99. The van der Waals surface area contributed by atoms with E-state index in [2.05, 4.69) is 35.6 Å². The van der Waals surface area contributed by atoms with E-state index in [0.29, 0.717) is 28.8 Å². The van der Waals surface area contributed by atoms with Crippen LogP contribution in [0.25, 0.3) is 15.4 Å². The van der Waals surface area contributed by atoms with E-state index in [1.165, 1.54) is 11.3 Å². The molecule has 0 spiro atoms. The lowest BCUT2D eigenvalue weighted by Gasteiger charge is -2.19. The highest BCUT2D eigenvalue weighted by Gasteiger charge is 2.24. The third-order valence-electron chi connectivity index (χ3n) is 4.90. The smallest absolute Gasteiger partial charge is 0.265 e. The summed E-state index contributed by atoms with van der Waals surface area (Å²) >= 11 is 1.41. The molecule has 154 valence electrons. The largest absolute Gasteiger partial charge is 0.504 e. The average Bonchev–Trinajstić information content (AvgIpc) is 2.95. The Morgan fingerprint density at radius 3 is 2.83 bits per heavy atom. The Hall–Kier alpha value is -2.43. The predicted octanol–water partition coefficient (Wildman–Crippen LogP) is 4.48. The minimum Gasteiger partial charge on any atom is -0.504 e. The summed E-state index contributed by atoms with van der Waals surface area (Å²) in [5.74, 6) is 1.04. The molecule has 0 saturated carbocycles. The van der Waals surface area contributed by atoms with E-state index in [4.69, 9.17) is 11.3 Å². The molecule has 7 heteroatoms. The van der Waals surface area contributed by atoms with Gasteiger partial charge in [0.15, 0.2) is 0 Å². The zero-order valence-corrected chi connectivity index (χ0v) is 18.4. The van der Waals surface area contributed by atoms with Crippen LogP contribution >= 0.6 is 11.3 Å². The lowest BCUT2D eigenvalue weighted by atomic mass is 10.2. The summed E-state index contributed by atoms with van der Waals surface area (Å²) in [7, 11) is 2.09. The lowest BCUT2D eigenvalue weighted by molar-refractivity contribution is 0.0766. The van der Waals surface area contributed by atoms with E-state index in [-0.39, 0.29) is 5.91 Å². The summed E-state index contributed by atoms with van der Waals surface area (Å²) in [4.78, 5) is 26.2. The molecule has 0 bridgehead atoms. The molecular formula is C22H28N4O2S. The van der Waals surface area contributed by atoms with Gasteiger partial charge in [-0.05, 0) is 45.0 Å². The van der Waals surface area contributed by atoms with E-state index in [1.807, 2.05) is 24.0 Å². The highest BCUT2D eigenvalue weighted by atomic mass is 32.1. The van der Waals surface area contributed by atoms with Crippen molar-refractivity contribution in [3.8, 4) is 16.3 Å². The number of benzene rings is 1. The highest BCUT2D eigenvalue weighted by Crippen LogP contribution is 2.36. The fourth-order valence-corrected chi connectivity index (χ4v) is 4.26. The van der Waals surface area contributed by atoms with Crippen LogP contribution in [-0.4, -0.2) is 60.5 Å². The second-order valence-electron chi connectivity index (χ2n) is 7.88. The number of carbonyl (C=O) groups excluding carboxylic acids is 1. The molecule has 3 rings (SSSR count). The number of thiazole rings is 1. The summed E-state index contributed by atoms with van der Waals surface area (Å²) in [6, 6.07) is 5.54. The minimum absolute atomic E-state index is 0.0591. The van der Waals surface area contributed by atoms with Crippen molar-refractivity contribution < 1.29 is 9.53 Å². The fourth-order valence-electron chi connectivity index (χ4n) is 3.23. The summed E-state index contributed by atoms with van der Waals surface area (Å²) in [5.41, 5.74) is 2.06. The van der Waals surface area contributed by atoms with Crippen LogP contribution < -0.4 is 4.74 Å². The summed E-state index contributed by atoms with van der Waals surface area (Å²) in [6.07, 6.45) is 0.985. The number of hydrogen-bond acceptors (Lipinski definition) is 5. The van der Waals surface area contributed by atoms with E-state index in [9.17, 15) is 4.79 Å². The Morgan fingerprint density at radius 2 is 2.10 bits per heavy atom. The molecule has 6 nitrogen and oxygen atoms in total. The number of carbonyl (C=O) groups is 1. The molecule has 1 aliphatic rings. The van der Waals surface area contributed by atoms with Gasteiger partial charge >= 0.3 is 0 Å². The monoisotopic (exact) mass is 412 g/mol. The predicted molar refractivity (Wildman–Crippen MR) is 117 cm³/mol. The molecule has 0 unspecified atom stereocenters. The van der Waals surface area contributed by atoms with Crippen molar-refractivity contribution in [3.05, 3.63) is 40.2 Å². The van der Waals surface area contributed by atoms with Crippen LogP contribution in [-0.2, 0) is 0 Å². The molecule has 1 fully saturated rings. The van der Waals surface area contributed by atoms with E-state index >= 15 is 0 Å². The standard InChI is InChI=1S/C22H28N4O2S/c1-15(2)14-28-19-8-7-17(13-18(19)23-4)21-24-16(3)20(29-21)22(27)26-10-6-9-25(5)11-12-26/h7-8,13,15H,6,9-12,14H2,1-3,5H3. The second kappa shape index (κ2) is 9.38. The van der Waals surface area contributed by atoms with Crippen molar-refractivity contribution >= 4 is 22.9 Å². The molecule has 1 aliphatic heterocycles. The van der Waals surface area contributed by atoms with Crippen LogP contribution in [0.1, 0.15) is 35.6 Å². The van der Waals surface area contributed by atoms with Crippen LogP contribution in [0.5, 0.6) is 5.75 Å². The molecule has 1 aromatic carbocycles. The third-order valence-corrected chi connectivity index (χ3v) is 6.09. The molecule has 0 aliphatic carbocycles. The van der Waals surface area contributed by atoms with Crippen molar-refractivity contribution in [2.75, 3.05) is 39.8 Å². The van der Waals surface area contributed by atoms with Crippen LogP contribution in [0.4, 0.5) is 5.69 Å². The zero-order chi connectivity index (χ0) is 21.0. The fraction of sp³-hybridized carbons (Fsp3) is 0.500. The number of likely N-dealkylation sites (N-methyl/N-ethyl adjacent to an activating group) is 1. The van der Waals surface area contributed by atoms with Gasteiger partial charge in [-0.15, -0.1) is 11.3 Å². The van der Waals surface area contributed by atoms with E-state index < -0.39 is 0 Å². The highest BCUT2D eigenvalue weighted by molar-refractivity contribution is 7.17. The lowest BCUT2D eigenvalue weighted by Crippen LogP contribution is -2.34. The first-order valence-corrected chi connectivity index (χ1v) is 10.8. The van der Waals surface area contributed by atoms with E-state index in [1.54, 1.807) is 6.07 Å². The van der Waals surface area contributed by atoms with Gasteiger partial charge in [-0.25, -0.2) is 9.83 Å². The molecule has 29 heavy (non-hydrogen) atoms. The Kier molecular flexibility index (Phi) is 6.88. The Labute approximate surface area is 176 Å². The topological polar surface area (TPSA) is 50.0 Å². The maximum Gasteiger partial charge on any atom is 0.265 e. The summed E-state index contributed by atoms with van der Waals surface area (Å²) in [6.45, 7) is 17.5. The van der Waals surface area contributed by atoms with Crippen LogP contribution in [0.3, 0.4) is 0 Å². The number of hydrogen-bond donors (Lipinski definition) is 0. The van der Waals surface area contributed by atoms with Gasteiger partial charge in [0.2, 0.25) is 5.69 Å². The van der Waals surface area contributed by atoms with Crippen molar-refractivity contribution in [2.45, 2.75) is 27.2 Å². The van der Waals surface area contributed by atoms with Gasteiger partial charge in [0.25, 0.3) is 5.91 Å². The van der Waals surface area contributed by atoms with Crippen LogP contribution in [0.2, 0.25) is 0 Å². The normalized spacial score (nSPS) is 15.2. The summed E-state index contributed by atoms with van der Waals surface area (Å²) in [5, 5.41) is 0.762. The van der Waals surface area contributed by atoms with Gasteiger partial charge in [0.05, 0.1) is 18.9 Å². The van der Waals surface area contributed by atoms with Gasteiger partial charge in [-0.1, -0.05) is 19.9 Å². The molecular weight excluding hydrogens is 384 g/mol. The first-order chi connectivity index (χ1) is 13.9. The molecule has 0 atom stereocenters. The van der Waals surface area contributed by atoms with Gasteiger partial charge in [-0.3, -0.25) is 4.79 Å². The average molecular weight is 413 g/mol. The number of nitrogens with zero attached hydrogens (tertiary/aromatic N) is 4. The molecule has 2 heterocycles. The SMILES string of the molecule is [C-]#[N+]c1cc(-c2nc(C)c(C(=O)N3CCCN(C)CC3)s2)ccc1OCC(C)C. The van der Waals surface area contributed by atoms with Crippen molar-refractivity contribution in [3.63, 3.8) is 0 Å². The molecule has 1 aromatic heterocycles. The van der Waals surface area contributed by atoms with Gasteiger partial charge < -0.3 is 14.5 Å². The number of amides is 1. The maximum atomic E-state index is 13.1. The maximum absolute atomic E-state index is 13.1. The molecule has 1 amide bonds. The van der Waals surface area contributed by atoms with E-state index in [0.717, 1.165) is 48.9 Å². The Bertz CT molecular complexity index is 916. The minimum atomic E-state index is 0.0591. The van der Waals surface area contributed by atoms with Crippen LogP contribution in [0.15, 0.2) is 18.2 Å². The van der Waals surface area contributed by atoms with Crippen molar-refractivity contribution in [1.82, 2.24) is 14.8 Å². The molecule has 0 N–H and O–H groups in total. The second-order valence-corrected chi connectivity index (χ2v) is 8.88. The first kappa shape index (κ1) is 21.3. The van der Waals surface area contributed by atoms with Crippen molar-refractivity contribution in [2.24, 2.45) is 5.92 Å². The van der Waals surface area contributed by atoms with Crippen LogP contribution in [0, 0.1) is 19.4 Å². The number of aryl methyl sites for hydroxylation is 1. The Balaban J connectivity index is 1.82. The van der Waals surface area contributed by atoms with Gasteiger partial charge in [-0.2, -0.15) is 0 Å². The molecule has 0 radical (unpaired) electrons. The number of ether oxygens (including phenoxy) is 1. The molecule has 1 saturated heterocycles. The Morgan fingerprint density at radius 1 is 1.31 bits per heavy atom. The van der Waals surface area contributed by atoms with Gasteiger partial charge in [0.1, 0.15) is 15.6 Å². The zero-order valence-electron chi connectivity index (χ0n) is 17.6. The van der Waals surface area contributed by atoms with Crippen molar-refractivity contribution in [1.29, 1.82) is 0 Å².